The Morgan fingerprint density at radius 2 is 1.35 bits per heavy atom. The van der Waals surface area contributed by atoms with Crippen molar-refractivity contribution in [3.8, 4) is 11.1 Å². The number of halogens is 8. The van der Waals surface area contributed by atoms with Gasteiger partial charge in [0.25, 0.3) is 0 Å². The first-order valence-corrected chi connectivity index (χ1v) is 7.45. The molecule has 0 saturated heterocycles. The second kappa shape index (κ2) is 7.24. The van der Waals surface area contributed by atoms with Crippen LogP contribution >= 0.6 is 23.6 Å². The molecule has 0 atom stereocenters. The fraction of sp³-hybridized carbons (Fsp3) is 0.133. The Hall–Kier alpha value is -2.13. The number of urea groups is 1. The number of amides is 2. The topological polar surface area (TPSA) is 41.1 Å². The first-order valence-electron chi connectivity index (χ1n) is 6.70. The summed E-state index contributed by atoms with van der Waals surface area (Å²) >= 11 is 9.41. The van der Waals surface area contributed by atoms with Crippen LogP contribution in [0.2, 0.25) is 0 Å². The van der Waals surface area contributed by atoms with Crippen LogP contribution in [0.4, 0.5) is 31.1 Å². The van der Waals surface area contributed by atoms with Crippen LogP contribution < -0.4 is 9.67 Å². The lowest BCUT2D eigenvalue weighted by molar-refractivity contribution is -0.139. The van der Waals surface area contributed by atoms with Gasteiger partial charge in [-0.25, -0.2) is 14.5 Å². The van der Waals surface area contributed by atoms with Crippen LogP contribution in [0.15, 0.2) is 36.4 Å². The summed E-state index contributed by atoms with van der Waals surface area (Å²) in [4.78, 5) is 13.1. The molecule has 0 bridgehead atoms. The Kier molecular flexibility index (Phi) is 5.62. The molecule has 0 spiro atoms. The molecule has 1 aromatic carbocycles. The van der Waals surface area contributed by atoms with Crippen molar-refractivity contribution in [2.45, 2.75) is 12.4 Å². The summed E-state index contributed by atoms with van der Waals surface area (Å²) in [5, 5.41) is 0.235. The Labute approximate surface area is 152 Å². The van der Waals surface area contributed by atoms with E-state index in [0.717, 1.165) is 12.1 Å². The molecule has 140 valence electrons. The molecule has 0 radical (unpaired) electrons. The Morgan fingerprint density at radius 1 is 0.808 bits per heavy atom. The van der Waals surface area contributed by atoms with E-state index < -0.39 is 29.5 Å². The fourth-order valence-electron chi connectivity index (χ4n) is 2.36. The average Bonchev–Trinajstić information content (AvgIpc) is 2.54. The zero-order valence-corrected chi connectivity index (χ0v) is 13.9. The Balaban J connectivity index is 0.000000352. The number of nitrogens with one attached hydrogen (secondary N) is 2. The van der Waals surface area contributed by atoms with Crippen molar-refractivity contribution in [2.24, 2.45) is 0 Å². The van der Waals surface area contributed by atoms with E-state index in [9.17, 15) is 31.1 Å². The minimum Gasteiger partial charge on any atom is -0.249 e. The standard InChI is InChI=1S/C14H6F6.CH2Cl2N2O/c15-13(16,17)10-4-2-1-3-8(10)9-5-7-6-11(12(7)9)14(18,19)20;2-4-1(6)5-3/h1-6H;(H2,4,5,6). The normalized spacial score (nSPS) is 12.0. The third kappa shape index (κ3) is 3.99. The number of rotatable bonds is 1. The number of alkyl halides is 6. The van der Waals surface area contributed by atoms with Crippen molar-refractivity contribution >= 4 is 29.6 Å². The molecule has 0 aromatic heterocycles. The summed E-state index contributed by atoms with van der Waals surface area (Å²) < 4.78 is 76.5. The zero-order valence-electron chi connectivity index (χ0n) is 12.4. The first kappa shape index (κ1) is 20.2. The van der Waals surface area contributed by atoms with E-state index in [1.54, 1.807) is 9.67 Å². The summed E-state index contributed by atoms with van der Waals surface area (Å²) in [5.74, 6) is 0. The quantitative estimate of drug-likeness (QED) is 0.394. The maximum Gasteiger partial charge on any atom is 0.417 e. The highest BCUT2D eigenvalue weighted by atomic mass is 35.5. The molecule has 2 N–H and O–H groups in total. The summed E-state index contributed by atoms with van der Waals surface area (Å²) in [5.41, 5.74) is -2.00. The molecule has 3 nitrogen and oxygen atoms in total. The second-order valence-corrected chi connectivity index (χ2v) is 5.38. The van der Waals surface area contributed by atoms with Crippen LogP contribution in [0, 0.1) is 10.4 Å². The predicted molar refractivity (Wildman–Crippen MR) is 82.9 cm³/mol. The van der Waals surface area contributed by atoms with Crippen molar-refractivity contribution in [1.82, 2.24) is 9.67 Å². The van der Waals surface area contributed by atoms with Crippen molar-refractivity contribution in [3.63, 3.8) is 0 Å². The van der Waals surface area contributed by atoms with Crippen LogP contribution in [0.3, 0.4) is 0 Å². The minimum atomic E-state index is -4.60. The molecule has 0 heterocycles. The molecule has 1 aromatic rings. The van der Waals surface area contributed by atoms with E-state index in [2.05, 4.69) is 0 Å². The van der Waals surface area contributed by atoms with Gasteiger partial charge < -0.3 is 0 Å². The summed E-state index contributed by atoms with van der Waals surface area (Å²) in [6, 6.07) is 6.29. The summed E-state index contributed by atoms with van der Waals surface area (Å²) in [7, 11) is 0. The molecular weight excluding hydrogens is 409 g/mol. The van der Waals surface area contributed by atoms with E-state index in [1.807, 2.05) is 0 Å². The molecule has 11 heteroatoms. The largest absolute Gasteiger partial charge is 0.417 e. The van der Waals surface area contributed by atoms with Crippen molar-refractivity contribution in [1.29, 1.82) is 0 Å². The van der Waals surface area contributed by atoms with Gasteiger partial charge in [-0.2, -0.15) is 26.3 Å². The fourth-order valence-corrected chi connectivity index (χ4v) is 2.50. The van der Waals surface area contributed by atoms with Crippen LogP contribution in [0.5, 0.6) is 0 Å². The lowest BCUT2D eigenvalue weighted by atomic mass is 9.86. The van der Waals surface area contributed by atoms with Gasteiger partial charge in [-0.15, -0.1) is 0 Å². The highest BCUT2D eigenvalue weighted by Crippen LogP contribution is 2.43. The Bertz CT molecular complexity index is 921. The summed E-state index contributed by atoms with van der Waals surface area (Å²) in [6.45, 7) is 0. The molecule has 3 rings (SSSR count). The second-order valence-electron chi connectivity index (χ2n) is 5.01. The van der Waals surface area contributed by atoms with E-state index in [1.165, 1.54) is 24.3 Å². The van der Waals surface area contributed by atoms with Crippen LogP contribution in [-0.2, 0) is 12.4 Å². The van der Waals surface area contributed by atoms with E-state index in [4.69, 9.17) is 23.6 Å². The monoisotopic (exact) mass is 416 g/mol. The first-order chi connectivity index (χ1) is 12.0. The van der Waals surface area contributed by atoms with Gasteiger partial charge in [-0.1, -0.05) is 18.2 Å². The van der Waals surface area contributed by atoms with E-state index in [0.29, 0.717) is 5.22 Å². The van der Waals surface area contributed by atoms with Crippen LogP contribution in [0.25, 0.3) is 11.1 Å². The number of carbonyl (C=O) groups excluding carboxylic acids is 1. The third-order valence-electron chi connectivity index (χ3n) is 3.43. The lowest BCUT2D eigenvalue weighted by Crippen LogP contribution is -2.20. The minimum absolute atomic E-state index is 0.00255. The van der Waals surface area contributed by atoms with Crippen molar-refractivity contribution in [2.75, 3.05) is 0 Å². The molecule has 0 fully saturated rings. The Morgan fingerprint density at radius 3 is 1.77 bits per heavy atom. The van der Waals surface area contributed by atoms with Crippen molar-refractivity contribution in [3.05, 3.63) is 58.0 Å². The number of hydrogen-bond donors (Lipinski definition) is 2. The predicted octanol–water partition coefficient (Wildman–Crippen LogP) is 5.58. The smallest absolute Gasteiger partial charge is 0.249 e. The molecule has 26 heavy (non-hydrogen) atoms. The molecule has 2 amide bonds. The number of carbonyl (C=O) groups is 1. The number of hydrogen-bond acceptors (Lipinski definition) is 1. The zero-order chi connectivity index (χ0) is 19.7. The molecule has 2 aliphatic rings. The van der Waals surface area contributed by atoms with Crippen LogP contribution in [0.1, 0.15) is 11.1 Å². The van der Waals surface area contributed by atoms with Gasteiger partial charge in [0.15, 0.2) is 0 Å². The van der Waals surface area contributed by atoms with Gasteiger partial charge in [0.1, 0.15) is 0 Å². The lowest BCUT2D eigenvalue weighted by Gasteiger charge is -2.21. The average molecular weight is 417 g/mol. The molecule has 0 unspecified atom stereocenters. The number of benzene rings is 2. The van der Waals surface area contributed by atoms with Gasteiger partial charge in [0.2, 0.25) is 0 Å². The molecule has 0 saturated carbocycles. The molecule has 0 aliphatic heterocycles. The maximum atomic E-state index is 12.9. The van der Waals surface area contributed by atoms with Gasteiger partial charge in [0, 0.05) is 28.8 Å². The van der Waals surface area contributed by atoms with Gasteiger partial charge in [0.05, 0.1) is 11.1 Å². The SMILES string of the molecule is FC(F)(F)c1ccccc1-c1cc2cc(C(F)(F)F)c1=2.O=C(NCl)NCl. The van der Waals surface area contributed by atoms with Gasteiger partial charge in [-0.3, -0.25) is 0 Å². The molecule has 2 aliphatic carbocycles. The maximum absolute atomic E-state index is 12.9. The molecular formula is C15H8Cl2F6N2O. The third-order valence-corrected chi connectivity index (χ3v) is 3.77. The van der Waals surface area contributed by atoms with E-state index in [-0.39, 0.29) is 16.3 Å². The van der Waals surface area contributed by atoms with Gasteiger partial charge >= 0.3 is 18.4 Å². The van der Waals surface area contributed by atoms with Gasteiger partial charge in [-0.05, 0) is 34.5 Å². The highest BCUT2D eigenvalue weighted by molar-refractivity contribution is 6.27. The van der Waals surface area contributed by atoms with Crippen molar-refractivity contribution < 1.29 is 31.1 Å². The summed E-state index contributed by atoms with van der Waals surface area (Å²) in [6.07, 6.45) is -9.13. The van der Waals surface area contributed by atoms with E-state index >= 15 is 0 Å². The highest BCUT2D eigenvalue weighted by Gasteiger charge is 2.38. The van der Waals surface area contributed by atoms with Crippen LogP contribution in [-0.4, -0.2) is 6.03 Å².